The van der Waals surface area contributed by atoms with Gasteiger partial charge in [0.1, 0.15) is 0 Å². The lowest BCUT2D eigenvalue weighted by atomic mass is 10.0. The average molecular weight is 465 g/mol. The number of thiophene rings is 1. The molecule has 31 heavy (non-hydrogen) atoms. The van der Waals surface area contributed by atoms with Gasteiger partial charge in [0.15, 0.2) is 0 Å². The van der Waals surface area contributed by atoms with Gasteiger partial charge < -0.3 is 10.2 Å². The van der Waals surface area contributed by atoms with Crippen LogP contribution < -0.4 is 14.3 Å². The zero-order valence-corrected chi connectivity index (χ0v) is 21.4. The summed E-state index contributed by atoms with van der Waals surface area (Å²) < 4.78 is 7.01. The molecule has 2 aromatic rings. The second-order valence-electron chi connectivity index (χ2n) is 9.04. The molecular weight excluding hydrogens is 428 g/mol. The summed E-state index contributed by atoms with van der Waals surface area (Å²) in [4.78, 5) is 17.8. The molecular formula is C22H36N6OS2. The van der Waals surface area contributed by atoms with E-state index in [1.54, 1.807) is 4.68 Å². The van der Waals surface area contributed by atoms with E-state index in [1.807, 2.05) is 30.8 Å². The number of carbonyl (C=O) groups excluding carboxylic acids is 1. The topological polar surface area (TPSA) is 65.4 Å². The maximum Gasteiger partial charge on any atom is 0.330 e. The van der Waals surface area contributed by atoms with Gasteiger partial charge in [0.05, 0.1) is 35.7 Å². The van der Waals surface area contributed by atoms with E-state index in [-0.39, 0.29) is 6.03 Å². The number of aryl methyl sites for hydroxylation is 1. The first kappa shape index (κ1) is 23.9. The molecule has 1 fully saturated rings. The molecule has 0 aromatic carbocycles. The van der Waals surface area contributed by atoms with Crippen molar-refractivity contribution in [3.8, 4) is 0 Å². The van der Waals surface area contributed by atoms with E-state index in [9.17, 15) is 4.79 Å². The summed E-state index contributed by atoms with van der Waals surface area (Å²) in [6.07, 6.45) is 6.09. The number of rotatable bonds is 7. The van der Waals surface area contributed by atoms with E-state index >= 15 is 0 Å². The van der Waals surface area contributed by atoms with Crippen LogP contribution in [-0.4, -0.2) is 46.9 Å². The third kappa shape index (κ3) is 5.75. The number of nitrogens with one attached hydrogen (secondary N) is 2. The predicted octanol–water partition coefficient (Wildman–Crippen LogP) is 5.32. The number of aromatic nitrogens is 2. The quantitative estimate of drug-likeness (QED) is 0.543. The van der Waals surface area contributed by atoms with Crippen LogP contribution in [0.1, 0.15) is 67.7 Å². The van der Waals surface area contributed by atoms with Crippen molar-refractivity contribution in [2.24, 2.45) is 7.05 Å². The zero-order chi connectivity index (χ0) is 22.7. The van der Waals surface area contributed by atoms with Crippen LogP contribution in [0, 0.1) is 6.92 Å². The predicted molar refractivity (Wildman–Crippen MR) is 133 cm³/mol. The van der Waals surface area contributed by atoms with Gasteiger partial charge in [-0.15, -0.1) is 11.3 Å². The highest BCUT2D eigenvalue weighted by molar-refractivity contribution is 7.99. The Morgan fingerprint density at radius 2 is 1.97 bits per heavy atom. The molecule has 1 unspecified atom stereocenters. The SMILES string of the molecule is Cc1c(C(C)C)sc(C(C)C)c1NC(=O)NSN(c1cnn(C)c1)C1CCCN(C)C1. The lowest BCUT2D eigenvalue weighted by Gasteiger charge is -2.37. The molecule has 2 amide bonds. The Balaban J connectivity index is 1.73. The van der Waals surface area contributed by atoms with Crippen LogP contribution in [0.4, 0.5) is 16.2 Å². The molecule has 0 aliphatic carbocycles. The molecule has 0 bridgehead atoms. The summed E-state index contributed by atoms with van der Waals surface area (Å²) >= 11 is 3.17. The molecule has 0 spiro atoms. The Labute approximate surface area is 194 Å². The highest BCUT2D eigenvalue weighted by Crippen LogP contribution is 2.41. The van der Waals surface area contributed by atoms with E-state index in [4.69, 9.17) is 0 Å². The molecule has 0 saturated carbocycles. The van der Waals surface area contributed by atoms with Crippen LogP contribution in [0.15, 0.2) is 12.4 Å². The number of piperidine rings is 1. The summed E-state index contributed by atoms with van der Waals surface area (Å²) in [5, 5.41) is 7.47. The number of anilines is 2. The minimum Gasteiger partial charge on any atom is -0.306 e. The van der Waals surface area contributed by atoms with Crippen molar-refractivity contribution in [2.75, 3.05) is 29.8 Å². The van der Waals surface area contributed by atoms with Gasteiger partial charge >= 0.3 is 6.03 Å². The highest BCUT2D eigenvalue weighted by Gasteiger charge is 2.27. The van der Waals surface area contributed by atoms with Gasteiger partial charge in [-0.2, -0.15) is 5.10 Å². The van der Waals surface area contributed by atoms with E-state index < -0.39 is 0 Å². The second kappa shape index (κ2) is 10.3. The average Bonchev–Trinajstić information content (AvgIpc) is 3.26. The lowest BCUT2D eigenvalue weighted by molar-refractivity contribution is 0.253. The Hall–Kier alpha value is -1.71. The Bertz CT molecular complexity index is 891. The van der Waals surface area contributed by atoms with Crippen LogP contribution in [-0.2, 0) is 7.05 Å². The van der Waals surface area contributed by atoms with Gasteiger partial charge in [0.2, 0.25) is 0 Å². The lowest BCUT2D eigenvalue weighted by Crippen LogP contribution is -2.45. The van der Waals surface area contributed by atoms with Crippen LogP contribution in [0.2, 0.25) is 0 Å². The van der Waals surface area contributed by atoms with Crippen molar-refractivity contribution in [1.82, 2.24) is 19.4 Å². The maximum absolute atomic E-state index is 12.9. The third-order valence-electron chi connectivity index (χ3n) is 5.61. The highest BCUT2D eigenvalue weighted by atomic mass is 32.2. The van der Waals surface area contributed by atoms with Crippen molar-refractivity contribution in [2.45, 2.75) is 65.3 Å². The van der Waals surface area contributed by atoms with E-state index in [1.165, 1.54) is 27.5 Å². The standard InChI is InChI=1S/C22H36N6OS2/c1-14(2)20-16(5)19(21(30-20)15(3)4)24-22(29)25-31-28(18-11-23-27(7)13-18)17-9-8-10-26(6)12-17/h11,13-15,17H,8-10,12H2,1-7H3,(H2,24,25,29). The minimum atomic E-state index is -0.193. The monoisotopic (exact) mass is 464 g/mol. The molecule has 0 radical (unpaired) electrons. The first-order chi connectivity index (χ1) is 14.7. The number of amides is 2. The van der Waals surface area contributed by atoms with Crippen LogP contribution in [0.3, 0.4) is 0 Å². The number of likely N-dealkylation sites (N-methyl/N-ethyl adjacent to an activating group) is 1. The summed E-state index contributed by atoms with van der Waals surface area (Å²) in [6, 6.07) is 0.121. The van der Waals surface area contributed by atoms with E-state index in [0.717, 1.165) is 37.3 Å². The second-order valence-corrected chi connectivity index (χ2v) is 10.9. The molecule has 3 rings (SSSR count). The van der Waals surface area contributed by atoms with Gasteiger partial charge in [0.25, 0.3) is 0 Å². The first-order valence-corrected chi connectivity index (χ1v) is 12.6. The number of likely N-dealkylation sites (tertiary alicyclic amines) is 1. The molecule has 2 N–H and O–H groups in total. The Kier molecular flexibility index (Phi) is 7.93. The van der Waals surface area contributed by atoms with E-state index in [2.05, 4.69) is 66.0 Å². The van der Waals surface area contributed by atoms with Gasteiger partial charge in [0, 0.05) is 29.5 Å². The molecule has 1 atom stereocenters. The van der Waals surface area contributed by atoms with E-state index in [0.29, 0.717) is 17.9 Å². The van der Waals surface area contributed by atoms with Crippen LogP contribution in [0.5, 0.6) is 0 Å². The fraction of sp³-hybridized carbons (Fsp3) is 0.636. The molecule has 9 heteroatoms. The van der Waals surface area contributed by atoms with Gasteiger partial charge in [-0.25, -0.2) is 4.79 Å². The summed E-state index contributed by atoms with van der Waals surface area (Å²) in [7, 11) is 4.07. The number of carbonyl (C=O) groups is 1. The zero-order valence-electron chi connectivity index (χ0n) is 19.7. The number of urea groups is 1. The molecule has 1 aliphatic heterocycles. The van der Waals surface area contributed by atoms with Crippen molar-refractivity contribution in [1.29, 1.82) is 0 Å². The van der Waals surface area contributed by atoms with Crippen molar-refractivity contribution >= 4 is 40.9 Å². The van der Waals surface area contributed by atoms with Crippen molar-refractivity contribution in [3.63, 3.8) is 0 Å². The molecule has 3 heterocycles. The molecule has 172 valence electrons. The maximum atomic E-state index is 12.9. The Morgan fingerprint density at radius 3 is 2.55 bits per heavy atom. The first-order valence-electron chi connectivity index (χ1n) is 11.0. The van der Waals surface area contributed by atoms with Crippen molar-refractivity contribution in [3.05, 3.63) is 27.7 Å². The minimum absolute atomic E-state index is 0.193. The fourth-order valence-corrected chi connectivity index (χ4v) is 6.11. The van der Waals surface area contributed by atoms with Crippen molar-refractivity contribution < 1.29 is 4.79 Å². The number of nitrogens with zero attached hydrogens (tertiary/aromatic N) is 4. The van der Waals surface area contributed by atoms with Gasteiger partial charge in [-0.1, -0.05) is 27.7 Å². The summed E-state index contributed by atoms with van der Waals surface area (Å²) in [5.74, 6) is 0.809. The molecule has 1 aliphatic rings. The normalized spacial score (nSPS) is 17.4. The molecule has 2 aromatic heterocycles. The number of hydrogen-bond donors (Lipinski definition) is 2. The fourth-order valence-electron chi connectivity index (χ4n) is 4.09. The number of hydrogen-bond acceptors (Lipinski definition) is 6. The third-order valence-corrected chi connectivity index (χ3v) is 8.49. The van der Waals surface area contributed by atoms with Crippen LogP contribution >= 0.6 is 23.5 Å². The van der Waals surface area contributed by atoms with Gasteiger partial charge in [-0.05, 0) is 50.8 Å². The summed E-state index contributed by atoms with van der Waals surface area (Å²) in [5.41, 5.74) is 3.15. The summed E-state index contributed by atoms with van der Waals surface area (Å²) in [6.45, 7) is 13.0. The smallest absolute Gasteiger partial charge is 0.306 e. The molecule has 1 saturated heterocycles. The largest absolute Gasteiger partial charge is 0.330 e. The molecule has 7 nitrogen and oxygen atoms in total. The van der Waals surface area contributed by atoms with Gasteiger partial charge in [-0.3, -0.25) is 13.7 Å². The van der Waals surface area contributed by atoms with Crippen LogP contribution in [0.25, 0.3) is 0 Å². The Morgan fingerprint density at radius 1 is 1.26 bits per heavy atom.